The van der Waals surface area contributed by atoms with Crippen molar-refractivity contribution in [3.8, 4) is 0 Å². The molecule has 3 atom stereocenters. The van der Waals surface area contributed by atoms with E-state index in [1.165, 1.54) is 16.6 Å². The van der Waals surface area contributed by atoms with E-state index >= 15 is 0 Å². The number of aromatic nitrogens is 6. The number of likely N-dealkylation sites (tertiary alicyclic amines) is 1. The smallest absolute Gasteiger partial charge is 0.242 e. The highest BCUT2D eigenvalue weighted by Crippen LogP contribution is 2.50. The van der Waals surface area contributed by atoms with Crippen molar-refractivity contribution in [1.82, 2.24) is 40.6 Å². The number of aryl methyl sites for hydroxylation is 1. The van der Waals surface area contributed by atoms with E-state index in [-0.39, 0.29) is 23.9 Å². The lowest BCUT2D eigenvalue weighted by atomic mass is 9.80. The van der Waals surface area contributed by atoms with Gasteiger partial charge in [-0.05, 0) is 41.7 Å². The molecule has 3 unspecified atom stereocenters. The van der Waals surface area contributed by atoms with Crippen LogP contribution in [0.4, 0.5) is 0 Å². The molecule has 1 amide bonds. The summed E-state index contributed by atoms with van der Waals surface area (Å²) in [6.45, 7) is 4.63. The minimum absolute atomic E-state index is 0.0602. The van der Waals surface area contributed by atoms with Crippen molar-refractivity contribution >= 4 is 5.91 Å². The maximum atomic E-state index is 12.4. The first-order valence-corrected chi connectivity index (χ1v) is 10.2. The minimum Gasteiger partial charge on any atom is -0.352 e. The third kappa shape index (κ3) is 3.58. The molecule has 5 rings (SSSR count). The summed E-state index contributed by atoms with van der Waals surface area (Å²) in [5.74, 6) is 1.59. The van der Waals surface area contributed by atoms with Crippen molar-refractivity contribution in [3.63, 3.8) is 0 Å². The predicted molar refractivity (Wildman–Crippen MR) is 105 cm³/mol. The summed E-state index contributed by atoms with van der Waals surface area (Å²) < 4.78 is 7.08. The van der Waals surface area contributed by atoms with Crippen LogP contribution < -0.4 is 5.32 Å². The van der Waals surface area contributed by atoms with E-state index in [0.29, 0.717) is 17.6 Å². The summed E-state index contributed by atoms with van der Waals surface area (Å²) in [5.41, 5.74) is 1.06. The van der Waals surface area contributed by atoms with Gasteiger partial charge in [0.1, 0.15) is 12.9 Å². The molecule has 2 aromatic heterocycles. The zero-order valence-corrected chi connectivity index (χ0v) is 16.8. The molecule has 2 fully saturated rings. The van der Waals surface area contributed by atoms with Crippen LogP contribution in [-0.2, 0) is 23.3 Å². The molecule has 0 bridgehead atoms. The van der Waals surface area contributed by atoms with Gasteiger partial charge in [0.25, 0.3) is 0 Å². The van der Waals surface area contributed by atoms with Crippen LogP contribution in [0.1, 0.15) is 30.1 Å². The van der Waals surface area contributed by atoms with Gasteiger partial charge in [-0.15, -0.1) is 5.10 Å². The second-order valence-corrected chi connectivity index (χ2v) is 8.37. The number of carbonyl (C=O) groups is 1. The van der Waals surface area contributed by atoms with Gasteiger partial charge < -0.3 is 9.84 Å². The van der Waals surface area contributed by atoms with Crippen LogP contribution in [0, 0.1) is 12.8 Å². The van der Waals surface area contributed by atoms with E-state index in [2.05, 4.69) is 60.1 Å². The summed E-state index contributed by atoms with van der Waals surface area (Å²) >= 11 is 0. The van der Waals surface area contributed by atoms with Crippen molar-refractivity contribution in [3.05, 3.63) is 53.9 Å². The summed E-state index contributed by atoms with van der Waals surface area (Å²) in [6, 6.07) is 10.5. The molecule has 1 aliphatic heterocycles. The molecule has 3 aromatic rings. The lowest BCUT2D eigenvalue weighted by Crippen LogP contribution is -2.39. The van der Waals surface area contributed by atoms with Crippen LogP contribution in [0.25, 0.3) is 0 Å². The highest BCUT2D eigenvalue weighted by molar-refractivity contribution is 5.76. The Balaban J connectivity index is 1.31. The molecule has 10 nitrogen and oxygen atoms in total. The lowest BCUT2D eigenvalue weighted by molar-refractivity contribution is -0.122. The third-order valence-electron chi connectivity index (χ3n) is 6.21. The molecule has 156 valence electrons. The molecule has 0 radical (unpaired) electrons. The number of nitrogens with one attached hydrogen (secondary N) is 1. The van der Waals surface area contributed by atoms with E-state index in [1.807, 2.05) is 13.0 Å². The molecule has 1 saturated heterocycles. The maximum Gasteiger partial charge on any atom is 0.242 e. The zero-order chi connectivity index (χ0) is 20.6. The van der Waals surface area contributed by atoms with Gasteiger partial charge in [0.2, 0.25) is 11.8 Å². The Morgan fingerprint density at radius 1 is 1.33 bits per heavy atom. The molecular weight excluding hydrogens is 384 g/mol. The van der Waals surface area contributed by atoms with E-state index in [9.17, 15) is 4.79 Å². The Morgan fingerprint density at radius 2 is 2.20 bits per heavy atom. The molecule has 10 heteroatoms. The summed E-state index contributed by atoms with van der Waals surface area (Å²) in [5, 5.41) is 18.1. The van der Waals surface area contributed by atoms with Gasteiger partial charge in [-0.1, -0.05) is 35.5 Å². The second kappa shape index (κ2) is 7.60. The third-order valence-corrected chi connectivity index (χ3v) is 6.21. The molecule has 1 saturated carbocycles. The van der Waals surface area contributed by atoms with E-state index in [0.717, 1.165) is 32.5 Å². The highest BCUT2D eigenvalue weighted by Gasteiger charge is 2.57. The largest absolute Gasteiger partial charge is 0.352 e. The first kappa shape index (κ1) is 18.9. The van der Waals surface area contributed by atoms with E-state index in [1.54, 1.807) is 0 Å². The molecule has 1 aliphatic carbocycles. The van der Waals surface area contributed by atoms with E-state index < -0.39 is 0 Å². The quantitative estimate of drug-likeness (QED) is 0.634. The molecule has 30 heavy (non-hydrogen) atoms. The van der Waals surface area contributed by atoms with Crippen LogP contribution >= 0.6 is 0 Å². The standard InChI is InChI=1S/C20H24N8O2/c1-14-22-19(30-24-14)20-8-17(23-18(29)11-28-13-21-25-26-28)7-16(20)10-27(12-20)9-15-5-3-2-4-6-15/h2-6,13,16-17H,7-12H2,1H3,(H,23,29). The Kier molecular flexibility index (Phi) is 4.78. The molecule has 1 N–H and O–H groups in total. The average Bonchev–Trinajstić information content (AvgIpc) is 3.48. The van der Waals surface area contributed by atoms with Gasteiger partial charge >= 0.3 is 0 Å². The van der Waals surface area contributed by atoms with Crippen molar-refractivity contribution in [1.29, 1.82) is 0 Å². The van der Waals surface area contributed by atoms with E-state index in [4.69, 9.17) is 4.52 Å². The highest BCUT2D eigenvalue weighted by atomic mass is 16.5. The Labute approximate surface area is 173 Å². The van der Waals surface area contributed by atoms with Gasteiger partial charge in [-0.25, -0.2) is 4.68 Å². The van der Waals surface area contributed by atoms with Gasteiger partial charge in [0.15, 0.2) is 5.82 Å². The molecule has 1 aromatic carbocycles. The van der Waals surface area contributed by atoms with Crippen LogP contribution in [0.2, 0.25) is 0 Å². The van der Waals surface area contributed by atoms with Crippen molar-refractivity contribution in [2.24, 2.45) is 5.92 Å². The summed E-state index contributed by atoms with van der Waals surface area (Å²) in [7, 11) is 0. The van der Waals surface area contributed by atoms with Crippen LogP contribution in [-0.4, -0.2) is 60.3 Å². The zero-order valence-electron chi connectivity index (χ0n) is 16.8. The lowest BCUT2D eigenvalue weighted by Gasteiger charge is -2.25. The fraction of sp³-hybridized carbons (Fsp3) is 0.500. The van der Waals surface area contributed by atoms with Crippen LogP contribution in [0.5, 0.6) is 0 Å². The predicted octanol–water partition coefficient (Wildman–Crippen LogP) is 0.713. The van der Waals surface area contributed by atoms with Gasteiger partial charge in [-0.3, -0.25) is 9.69 Å². The Bertz CT molecular complexity index is 1010. The summed E-state index contributed by atoms with van der Waals surface area (Å²) in [4.78, 5) is 19.5. The monoisotopic (exact) mass is 408 g/mol. The topological polar surface area (TPSA) is 115 Å². The van der Waals surface area contributed by atoms with Gasteiger partial charge in [0, 0.05) is 25.7 Å². The number of fused-ring (bicyclic) bond motifs is 1. The van der Waals surface area contributed by atoms with Gasteiger partial charge in [0.05, 0.1) is 5.41 Å². The second-order valence-electron chi connectivity index (χ2n) is 8.37. The Morgan fingerprint density at radius 3 is 2.93 bits per heavy atom. The number of rotatable bonds is 6. The number of hydrogen-bond donors (Lipinski definition) is 1. The number of tetrazole rings is 1. The normalized spacial score (nSPS) is 26.0. The molecule has 0 spiro atoms. The number of benzene rings is 1. The molecule has 3 heterocycles. The maximum absolute atomic E-state index is 12.4. The number of carbonyl (C=O) groups excluding carboxylic acids is 1. The van der Waals surface area contributed by atoms with Crippen LogP contribution in [0.15, 0.2) is 41.2 Å². The van der Waals surface area contributed by atoms with Crippen molar-refractivity contribution in [2.45, 2.75) is 44.3 Å². The van der Waals surface area contributed by atoms with Crippen molar-refractivity contribution < 1.29 is 9.32 Å². The van der Waals surface area contributed by atoms with Crippen LogP contribution in [0.3, 0.4) is 0 Å². The summed E-state index contributed by atoms with van der Waals surface area (Å²) in [6.07, 6.45) is 3.10. The minimum atomic E-state index is -0.233. The number of nitrogens with zero attached hydrogens (tertiary/aromatic N) is 7. The fourth-order valence-corrected chi connectivity index (χ4v) is 5.05. The molecular formula is C20H24N8O2. The van der Waals surface area contributed by atoms with Gasteiger partial charge in [-0.2, -0.15) is 4.98 Å². The van der Waals surface area contributed by atoms with Crippen molar-refractivity contribution in [2.75, 3.05) is 13.1 Å². The average molecular weight is 408 g/mol. The SMILES string of the molecule is Cc1noc(C23CC(NC(=O)Cn4cnnn4)CC2CN(Cc2ccccc2)C3)n1. The number of amides is 1. The first-order chi connectivity index (χ1) is 14.6. The molecule has 2 aliphatic rings. The fourth-order valence-electron chi connectivity index (χ4n) is 5.05. The number of hydrogen-bond acceptors (Lipinski definition) is 8. The Hall–Kier alpha value is -3.14. The first-order valence-electron chi connectivity index (χ1n) is 10.2.